The first-order chi connectivity index (χ1) is 11.2. The van der Waals surface area contributed by atoms with Crippen LogP contribution in [0.5, 0.6) is 0 Å². The minimum absolute atomic E-state index is 0.122. The lowest BCUT2D eigenvalue weighted by molar-refractivity contribution is -0.127. The molecule has 0 bridgehead atoms. The third kappa shape index (κ3) is 3.00. The number of amides is 1. The maximum Gasteiger partial charge on any atom is 0.230 e. The maximum absolute atomic E-state index is 13.0. The monoisotopic (exact) mass is 308 g/mol. The number of carbonyl (C=O) groups excluding carboxylic acids is 1. The van der Waals surface area contributed by atoms with Gasteiger partial charge in [-0.05, 0) is 37.8 Å². The van der Waals surface area contributed by atoms with E-state index in [1.165, 1.54) is 6.42 Å². The first kappa shape index (κ1) is 15.7. The number of aromatic nitrogens is 1. The van der Waals surface area contributed by atoms with E-state index in [4.69, 9.17) is 0 Å². The average molecular weight is 308 g/mol. The first-order valence-electron chi connectivity index (χ1n) is 8.43. The van der Waals surface area contributed by atoms with E-state index in [1.54, 1.807) is 6.20 Å². The molecule has 3 heteroatoms. The van der Waals surface area contributed by atoms with Crippen molar-refractivity contribution in [2.45, 2.75) is 45.4 Å². The van der Waals surface area contributed by atoms with E-state index in [-0.39, 0.29) is 11.3 Å². The fraction of sp³-hybridized carbons (Fsp3) is 0.400. The number of hydrogen-bond donors (Lipinski definition) is 1. The molecule has 3 nitrogen and oxygen atoms in total. The Morgan fingerprint density at radius 2 is 2.04 bits per heavy atom. The number of allylic oxidation sites excluding steroid dienone is 1. The number of para-hydroxylation sites is 1. The van der Waals surface area contributed by atoms with Gasteiger partial charge >= 0.3 is 0 Å². The number of rotatable bonds is 4. The Hall–Kier alpha value is -2.16. The van der Waals surface area contributed by atoms with E-state index in [0.29, 0.717) is 0 Å². The van der Waals surface area contributed by atoms with Crippen LogP contribution < -0.4 is 5.32 Å². The molecule has 1 aliphatic carbocycles. The summed E-state index contributed by atoms with van der Waals surface area (Å²) in [6.07, 6.45) is 9.78. The summed E-state index contributed by atoms with van der Waals surface area (Å²) in [6.45, 7) is 5.90. The summed E-state index contributed by atoms with van der Waals surface area (Å²) in [6, 6.07) is 8.03. The maximum atomic E-state index is 13.0. The number of benzene rings is 1. The minimum Gasteiger partial charge on any atom is -0.324 e. The number of aryl methyl sites for hydroxylation is 1. The molecule has 0 aliphatic heterocycles. The Bertz CT molecular complexity index is 729. The molecule has 0 unspecified atom stereocenters. The largest absolute Gasteiger partial charge is 0.324 e. The van der Waals surface area contributed by atoms with Gasteiger partial charge in [-0.2, -0.15) is 0 Å². The van der Waals surface area contributed by atoms with Crippen molar-refractivity contribution in [1.82, 2.24) is 4.98 Å². The van der Waals surface area contributed by atoms with Gasteiger partial charge in [-0.3, -0.25) is 9.78 Å². The van der Waals surface area contributed by atoms with Crippen molar-refractivity contribution in [3.63, 3.8) is 0 Å². The topological polar surface area (TPSA) is 42.0 Å². The van der Waals surface area contributed by atoms with Gasteiger partial charge < -0.3 is 5.32 Å². The molecule has 1 aromatic carbocycles. The second kappa shape index (κ2) is 6.53. The molecule has 1 amide bonds. The molecule has 3 rings (SSSR count). The average Bonchev–Trinajstić information content (AvgIpc) is 2.58. The quantitative estimate of drug-likeness (QED) is 0.807. The summed E-state index contributed by atoms with van der Waals surface area (Å²) in [7, 11) is 0. The second-order valence-electron chi connectivity index (χ2n) is 6.60. The van der Waals surface area contributed by atoms with Crippen molar-refractivity contribution in [3.8, 4) is 0 Å². The van der Waals surface area contributed by atoms with E-state index < -0.39 is 0 Å². The third-order valence-electron chi connectivity index (χ3n) is 5.12. The van der Waals surface area contributed by atoms with Gasteiger partial charge in [-0.25, -0.2) is 0 Å². The van der Waals surface area contributed by atoms with Crippen molar-refractivity contribution >= 4 is 22.5 Å². The highest BCUT2D eigenvalue weighted by Gasteiger charge is 2.38. The fourth-order valence-electron chi connectivity index (χ4n) is 3.69. The highest BCUT2D eigenvalue weighted by molar-refractivity contribution is 5.98. The molecule has 1 aliphatic rings. The molecule has 0 atom stereocenters. The van der Waals surface area contributed by atoms with Crippen molar-refractivity contribution in [2.24, 2.45) is 5.41 Å². The lowest BCUT2D eigenvalue weighted by Gasteiger charge is -2.35. The highest BCUT2D eigenvalue weighted by Crippen LogP contribution is 2.41. The number of fused-ring (bicyclic) bond motifs is 1. The van der Waals surface area contributed by atoms with Crippen LogP contribution in [0.1, 0.15) is 44.1 Å². The van der Waals surface area contributed by atoms with Crippen LogP contribution in [0.15, 0.2) is 43.1 Å². The van der Waals surface area contributed by atoms with Crippen molar-refractivity contribution in [3.05, 3.63) is 48.7 Å². The number of anilines is 1. The molecule has 1 aromatic heterocycles. The smallest absolute Gasteiger partial charge is 0.230 e. The molecule has 1 N–H and O–H groups in total. The molecular weight excluding hydrogens is 284 g/mol. The second-order valence-corrected chi connectivity index (χ2v) is 6.60. The predicted molar refractivity (Wildman–Crippen MR) is 95.4 cm³/mol. The molecular formula is C20H24N2O. The van der Waals surface area contributed by atoms with Gasteiger partial charge in [0.05, 0.1) is 22.8 Å². The zero-order valence-electron chi connectivity index (χ0n) is 13.8. The molecule has 0 radical (unpaired) electrons. The summed E-state index contributed by atoms with van der Waals surface area (Å²) in [5.41, 5.74) is 2.57. The van der Waals surface area contributed by atoms with Crippen molar-refractivity contribution in [2.75, 3.05) is 5.32 Å². The van der Waals surface area contributed by atoms with Gasteiger partial charge in [0.25, 0.3) is 0 Å². The van der Waals surface area contributed by atoms with Crippen LogP contribution in [0.4, 0.5) is 5.69 Å². The zero-order valence-corrected chi connectivity index (χ0v) is 13.8. The highest BCUT2D eigenvalue weighted by atomic mass is 16.2. The van der Waals surface area contributed by atoms with E-state index >= 15 is 0 Å². The van der Waals surface area contributed by atoms with Crippen LogP contribution in [0.25, 0.3) is 10.9 Å². The minimum atomic E-state index is -0.294. The number of hydrogen-bond acceptors (Lipinski definition) is 2. The van der Waals surface area contributed by atoms with Gasteiger partial charge in [0, 0.05) is 5.39 Å². The number of nitrogens with one attached hydrogen (secondary N) is 1. The van der Waals surface area contributed by atoms with Gasteiger partial charge in [0.2, 0.25) is 5.91 Å². The Labute approximate surface area is 137 Å². The van der Waals surface area contributed by atoms with Crippen molar-refractivity contribution < 1.29 is 4.79 Å². The zero-order chi connectivity index (χ0) is 16.3. The van der Waals surface area contributed by atoms with Gasteiger partial charge in [0.1, 0.15) is 0 Å². The van der Waals surface area contributed by atoms with Crippen LogP contribution in [0, 0.1) is 12.3 Å². The molecule has 1 fully saturated rings. The van der Waals surface area contributed by atoms with Crippen molar-refractivity contribution in [1.29, 1.82) is 0 Å². The fourth-order valence-corrected chi connectivity index (χ4v) is 3.69. The van der Waals surface area contributed by atoms with E-state index in [1.807, 2.05) is 37.3 Å². The number of carbonyl (C=O) groups is 1. The lowest BCUT2D eigenvalue weighted by atomic mass is 9.71. The Kier molecular flexibility index (Phi) is 4.46. The number of pyridine rings is 1. The molecule has 23 heavy (non-hydrogen) atoms. The van der Waals surface area contributed by atoms with Gasteiger partial charge in [0.15, 0.2) is 0 Å². The van der Waals surface area contributed by atoms with Gasteiger partial charge in [-0.15, -0.1) is 6.58 Å². The first-order valence-corrected chi connectivity index (χ1v) is 8.43. The van der Waals surface area contributed by atoms with Crippen LogP contribution >= 0.6 is 0 Å². The van der Waals surface area contributed by atoms with E-state index in [9.17, 15) is 4.79 Å². The summed E-state index contributed by atoms with van der Waals surface area (Å²) in [5.74, 6) is 0.122. The van der Waals surface area contributed by atoms with Crippen LogP contribution in [0.3, 0.4) is 0 Å². The van der Waals surface area contributed by atoms with Crippen LogP contribution in [-0.2, 0) is 4.79 Å². The molecule has 2 aromatic rings. The molecule has 0 saturated heterocycles. The van der Waals surface area contributed by atoms with Gasteiger partial charge in [-0.1, -0.05) is 43.5 Å². The SMILES string of the molecule is C=CCC1(C(=O)Nc2cnc3ccccc3c2C)CCCCC1. The van der Waals surface area contributed by atoms with Crippen LogP contribution in [-0.4, -0.2) is 10.9 Å². The Morgan fingerprint density at radius 3 is 2.78 bits per heavy atom. The number of nitrogens with zero attached hydrogens (tertiary/aromatic N) is 1. The Balaban J connectivity index is 1.89. The molecule has 1 heterocycles. The molecule has 1 saturated carbocycles. The normalized spacial score (nSPS) is 16.9. The third-order valence-corrected chi connectivity index (χ3v) is 5.12. The van der Waals surface area contributed by atoms with E-state index in [0.717, 1.165) is 54.3 Å². The lowest BCUT2D eigenvalue weighted by Crippen LogP contribution is -2.37. The predicted octanol–water partition coefficient (Wildman–Crippen LogP) is 5.01. The molecule has 0 spiro atoms. The summed E-state index contributed by atoms with van der Waals surface area (Å²) < 4.78 is 0. The summed E-state index contributed by atoms with van der Waals surface area (Å²) in [4.78, 5) is 17.5. The Morgan fingerprint density at radius 1 is 1.30 bits per heavy atom. The van der Waals surface area contributed by atoms with Crippen LogP contribution in [0.2, 0.25) is 0 Å². The summed E-state index contributed by atoms with van der Waals surface area (Å²) >= 11 is 0. The molecule has 120 valence electrons. The van der Waals surface area contributed by atoms with E-state index in [2.05, 4.69) is 16.9 Å². The summed E-state index contributed by atoms with van der Waals surface area (Å²) in [5, 5.41) is 4.24. The standard InChI is InChI=1S/C20H24N2O/c1-3-11-20(12-7-4-8-13-20)19(23)22-18-14-21-17-10-6-5-9-16(17)15(18)2/h3,5-6,9-10,14H,1,4,7-8,11-13H2,2H3,(H,22,23).